The van der Waals surface area contributed by atoms with Gasteiger partial charge in [0, 0.05) is 41.9 Å². The van der Waals surface area contributed by atoms with Crippen LogP contribution in [0, 0.1) is 5.92 Å². The minimum Gasteiger partial charge on any atom is -0.301 e. The largest absolute Gasteiger partial charge is 0.301 e. The summed E-state index contributed by atoms with van der Waals surface area (Å²) >= 11 is 0. The van der Waals surface area contributed by atoms with Gasteiger partial charge in [-0.2, -0.15) is 5.10 Å². The van der Waals surface area contributed by atoms with Crippen LogP contribution in [0.3, 0.4) is 0 Å². The number of rotatable bonds is 4. The summed E-state index contributed by atoms with van der Waals surface area (Å²) in [7, 11) is 0. The number of aromatic amines is 1. The lowest BCUT2D eigenvalue weighted by atomic mass is 9.78. The Morgan fingerprint density at radius 3 is 2.81 bits per heavy atom. The lowest BCUT2D eigenvalue weighted by molar-refractivity contribution is -0.109. The van der Waals surface area contributed by atoms with Gasteiger partial charge in [-0.1, -0.05) is 12.1 Å². The minimum atomic E-state index is -2.47. The van der Waals surface area contributed by atoms with E-state index in [0.29, 0.717) is 12.2 Å². The third kappa shape index (κ3) is 2.99. The molecule has 5 rings (SSSR count). The molecule has 136 valence electrons. The summed E-state index contributed by atoms with van der Waals surface area (Å²) in [5.74, 6) is -1.71. The van der Waals surface area contributed by atoms with Crippen LogP contribution in [0.15, 0.2) is 55.1 Å². The summed E-state index contributed by atoms with van der Waals surface area (Å²) in [4.78, 5) is 8.79. The number of H-pyrrole nitrogens is 1. The van der Waals surface area contributed by atoms with Crippen LogP contribution < -0.4 is 0 Å². The standard InChI is InChI=1S/C20H17F2N5/c21-20(22)9-14(10-20)6-13-7-16-4-5-27(19(16)23-11-13)17-3-1-2-15(8-17)18-24-12-25-26-18/h1-5,7-8,11-12,14H,6,9-10H2,(H,24,25,26). The van der Waals surface area contributed by atoms with Gasteiger partial charge in [-0.05, 0) is 42.2 Å². The van der Waals surface area contributed by atoms with Gasteiger partial charge in [-0.3, -0.25) is 5.10 Å². The molecule has 1 aromatic carbocycles. The van der Waals surface area contributed by atoms with Crippen molar-refractivity contribution in [3.8, 4) is 17.1 Å². The number of fused-ring (bicyclic) bond motifs is 1. The highest BCUT2D eigenvalue weighted by Gasteiger charge is 2.44. The van der Waals surface area contributed by atoms with E-state index in [1.165, 1.54) is 6.33 Å². The van der Waals surface area contributed by atoms with Gasteiger partial charge in [-0.15, -0.1) is 0 Å². The van der Waals surface area contributed by atoms with E-state index in [0.717, 1.165) is 27.8 Å². The Labute approximate surface area is 154 Å². The molecular weight excluding hydrogens is 348 g/mol. The summed E-state index contributed by atoms with van der Waals surface area (Å²) < 4.78 is 28.1. The number of nitrogens with zero attached hydrogens (tertiary/aromatic N) is 4. The fourth-order valence-electron chi connectivity index (χ4n) is 3.80. The molecule has 5 nitrogen and oxygen atoms in total. The van der Waals surface area contributed by atoms with Crippen molar-refractivity contribution in [3.05, 3.63) is 60.7 Å². The Hall–Kier alpha value is -3.09. The van der Waals surface area contributed by atoms with Crippen LogP contribution in [0.5, 0.6) is 0 Å². The predicted octanol–water partition coefficient (Wildman–Crippen LogP) is 4.40. The summed E-state index contributed by atoms with van der Waals surface area (Å²) in [5.41, 5.74) is 3.76. The number of pyridine rings is 1. The highest BCUT2D eigenvalue weighted by Crippen LogP contribution is 2.43. The van der Waals surface area contributed by atoms with Crippen molar-refractivity contribution in [1.82, 2.24) is 24.7 Å². The molecule has 0 atom stereocenters. The second-order valence-electron chi connectivity index (χ2n) is 7.16. The van der Waals surface area contributed by atoms with Gasteiger partial charge in [0.1, 0.15) is 12.0 Å². The molecule has 4 aromatic rings. The SMILES string of the molecule is FC1(F)CC(Cc2cnc3c(ccn3-c3cccc(-c4ncn[nH]4)c3)c2)C1. The minimum absolute atomic E-state index is 0.0134. The van der Waals surface area contributed by atoms with E-state index < -0.39 is 5.92 Å². The van der Waals surface area contributed by atoms with Crippen molar-refractivity contribution in [3.63, 3.8) is 0 Å². The Kier molecular flexibility index (Phi) is 3.56. The molecule has 0 aliphatic heterocycles. The molecule has 1 fully saturated rings. The first-order valence-corrected chi connectivity index (χ1v) is 8.87. The molecule has 0 amide bonds. The van der Waals surface area contributed by atoms with Gasteiger partial charge < -0.3 is 4.57 Å². The van der Waals surface area contributed by atoms with Gasteiger partial charge in [0.15, 0.2) is 5.82 Å². The predicted molar refractivity (Wildman–Crippen MR) is 97.8 cm³/mol. The first kappa shape index (κ1) is 16.1. The van der Waals surface area contributed by atoms with Crippen molar-refractivity contribution in [2.75, 3.05) is 0 Å². The molecule has 0 unspecified atom stereocenters. The second-order valence-corrected chi connectivity index (χ2v) is 7.16. The van der Waals surface area contributed by atoms with Crippen LogP contribution in [0.25, 0.3) is 28.1 Å². The molecule has 0 spiro atoms. The van der Waals surface area contributed by atoms with E-state index in [1.54, 1.807) is 6.20 Å². The molecule has 0 radical (unpaired) electrons. The average Bonchev–Trinajstić information content (AvgIpc) is 3.30. The second kappa shape index (κ2) is 5.97. The number of nitrogens with one attached hydrogen (secondary N) is 1. The number of alkyl halides is 2. The van der Waals surface area contributed by atoms with Crippen molar-refractivity contribution >= 4 is 11.0 Å². The topological polar surface area (TPSA) is 59.4 Å². The zero-order chi connectivity index (χ0) is 18.4. The summed E-state index contributed by atoms with van der Waals surface area (Å²) in [6.07, 6.45) is 5.88. The third-order valence-corrected chi connectivity index (χ3v) is 5.09. The zero-order valence-corrected chi connectivity index (χ0v) is 14.4. The maximum Gasteiger partial charge on any atom is 0.248 e. The van der Waals surface area contributed by atoms with E-state index in [9.17, 15) is 8.78 Å². The molecule has 1 N–H and O–H groups in total. The summed E-state index contributed by atoms with van der Waals surface area (Å²) in [6, 6.07) is 12.0. The Morgan fingerprint density at radius 1 is 1.15 bits per heavy atom. The molecule has 0 saturated heterocycles. The molecule has 3 aromatic heterocycles. The molecule has 27 heavy (non-hydrogen) atoms. The van der Waals surface area contributed by atoms with E-state index in [4.69, 9.17) is 0 Å². The highest BCUT2D eigenvalue weighted by atomic mass is 19.3. The van der Waals surface area contributed by atoms with Crippen LogP contribution in [0.2, 0.25) is 0 Å². The molecule has 0 bridgehead atoms. The molecule has 1 aliphatic rings. The van der Waals surface area contributed by atoms with Crippen LogP contribution in [0.1, 0.15) is 18.4 Å². The normalized spacial score (nSPS) is 16.5. The van der Waals surface area contributed by atoms with Crippen molar-refractivity contribution in [2.45, 2.75) is 25.2 Å². The van der Waals surface area contributed by atoms with Crippen molar-refractivity contribution in [2.24, 2.45) is 5.92 Å². The molecule has 3 heterocycles. The number of benzene rings is 1. The van der Waals surface area contributed by atoms with Crippen LogP contribution in [-0.4, -0.2) is 30.7 Å². The van der Waals surface area contributed by atoms with Crippen molar-refractivity contribution < 1.29 is 8.78 Å². The van der Waals surface area contributed by atoms with Crippen LogP contribution in [-0.2, 0) is 6.42 Å². The van der Waals surface area contributed by atoms with Crippen LogP contribution >= 0.6 is 0 Å². The number of hydrogen-bond donors (Lipinski definition) is 1. The monoisotopic (exact) mass is 365 g/mol. The first-order chi connectivity index (χ1) is 13.1. The Bertz CT molecular complexity index is 1090. The maximum absolute atomic E-state index is 13.0. The van der Waals surface area contributed by atoms with E-state index in [-0.39, 0.29) is 18.8 Å². The average molecular weight is 365 g/mol. The fourth-order valence-corrected chi connectivity index (χ4v) is 3.80. The third-order valence-electron chi connectivity index (χ3n) is 5.09. The van der Waals surface area contributed by atoms with E-state index in [1.807, 2.05) is 41.1 Å². The fraction of sp³-hybridized carbons (Fsp3) is 0.250. The van der Waals surface area contributed by atoms with Gasteiger partial charge in [0.05, 0.1) is 0 Å². The number of hydrogen-bond acceptors (Lipinski definition) is 3. The van der Waals surface area contributed by atoms with Gasteiger partial charge in [0.2, 0.25) is 5.92 Å². The lowest BCUT2D eigenvalue weighted by Gasteiger charge is -2.34. The molecule has 7 heteroatoms. The molecular formula is C20H17F2N5. The first-order valence-electron chi connectivity index (χ1n) is 8.87. The highest BCUT2D eigenvalue weighted by molar-refractivity contribution is 5.79. The summed E-state index contributed by atoms with van der Waals surface area (Å²) in [6.45, 7) is 0. The van der Waals surface area contributed by atoms with E-state index in [2.05, 4.69) is 26.2 Å². The zero-order valence-electron chi connectivity index (χ0n) is 14.4. The Morgan fingerprint density at radius 2 is 2.04 bits per heavy atom. The van der Waals surface area contributed by atoms with Gasteiger partial charge >= 0.3 is 0 Å². The molecule has 1 saturated carbocycles. The Balaban J connectivity index is 1.44. The number of aromatic nitrogens is 5. The van der Waals surface area contributed by atoms with E-state index >= 15 is 0 Å². The quantitative estimate of drug-likeness (QED) is 0.583. The smallest absolute Gasteiger partial charge is 0.248 e. The number of halogens is 2. The molecule has 1 aliphatic carbocycles. The van der Waals surface area contributed by atoms with Crippen LogP contribution in [0.4, 0.5) is 8.78 Å². The maximum atomic E-state index is 13.0. The van der Waals surface area contributed by atoms with Gasteiger partial charge in [-0.25, -0.2) is 18.7 Å². The summed E-state index contributed by atoms with van der Waals surface area (Å²) in [5, 5.41) is 7.76. The lowest BCUT2D eigenvalue weighted by Crippen LogP contribution is -2.36. The van der Waals surface area contributed by atoms with Crippen molar-refractivity contribution in [1.29, 1.82) is 0 Å². The van der Waals surface area contributed by atoms with Gasteiger partial charge in [0.25, 0.3) is 0 Å².